The Morgan fingerprint density at radius 3 is 2.89 bits per heavy atom. The summed E-state index contributed by atoms with van der Waals surface area (Å²) in [7, 11) is 1.52. The molecule has 90 valence electrons. The molecule has 0 aliphatic carbocycles. The van der Waals surface area contributed by atoms with Gasteiger partial charge in [-0.25, -0.2) is 9.97 Å². The van der Waals surface area contributed by atoms with Gasteiger partial charge in [-0.1, -0.05) is 0 Å². The zero-order valence-corrected chi connectivity index (χ0v) is 9.79. The van der Waals surface area contributed by atoms with Crippen molar-refractivity contribution in [3.8, 4) is 23.1 Å². The first kappa shape index (κ1) is 12.0. The van der Waals surface area contributed by atoms with Gasteiger partial charge in [0.1, 0.15) is 11.8 Å². The van der Waals surface area contributed by atoms with Gasteiger partial charge in [-0.3, -0.25) is 0 Å². The Labute approximate surface area is 104 Å². The fourth-order valence-corrected chi connectivity index (χ4v) is 1.61. The van der Waals surface area contributed by atoms with E-state index in [0.717, 1.165) is 11.1 Å². The number of nitrogens with zero attached hydrogens (tertiary/aromatic N) is 3. The van der Waals surface area contributed by atoms with Gasteiger partial charge < -0.3 is 9.84 Å². The second kappa shape index (κ2) is 5.25. The zero-order chi connectivity index (χ0) is 13.0. The van der Waals surface area contributed by atoms with E-state index in [1.165, 1.54) is 7.11 Å². The summed E-state index contributed by atoms with van der Waals surface area (Å²) in [5, 5.41) is 18.0. The molecule has 0 radical (unpaired) electrons. The van der Waals surface area contributed by atoms with Gasteiger partial charge in [0.25, 0.3) is 0 Å². The summed E-state index contributed by atoms with van der Waals surface area (Å²) in [4.78, 5) is 8.02. The normalized spacial score (nSPS) is 9.83. The highest BCUT2D eigenvalue weighted by Gasteiger charge is 2.09. The lowest BCUT2D eigenvalue weighted by atomic mass is 10.1. The molecule has 0 unspecified atom stereocenters. The molecule has 5 nitrogen and oxygen atoms in total. The summed E-state index contributed by atoms with van der Waals surface area (Å²) < 4.78 is 5.18. The van der Waals surface area contributed by atoms with E-state index in [4.69, 9.17) is 15.1 Å². The maximum absolute atomic E-state index is 9.13. The first-order chi connectivity index (χ1) is 8.78. The summed E-state index contributed by atoms with van der Waals surface area (Å²) in [5.41, 5.74) is 2.51. The minimum Gasteiger partial charge on any atom is -0.481 e. The van der Waals surface area contributed by atoms with Crippen LogP contribution in [0, 0.1) is 11.3 Å². The van der Waals surface area contributed by atoms with E-state index in [0.29, 0.717) is 17.1 Å². The maximum atomic E-state index is 9.13. The smallest absolute Gasteiger partial charge is 0.221 e. The summed E-state index contributed by atoms with van der Waals surface area (Å²) in [6.07, 6.45) is 3.10. The van der Waals surface area contributed by atoms with Crippen molar-refractivity contribution in [2.24, 2.45) is 0 Å². The molecular formula is C13H11N3O2. The van der Waals surface area contributed by atoms with Crippen LogP contribution >= 0.6 is 0 Å². The van der Waals surface area contributed by atoms with Crippen LogP contribution < -0.4 is 4.74 Å². The molecule has 0 amide bonds. The van der Waals surface area contributed by atoms with Crippen LogP contribution in [0.1, 0.15) is 11.3 Å². The monoisotopic (exact) mass is 241 g/mol. The van der Waals surface area contributed by atoms with Crippen LogP contribution in [0.5, 0.6) is 5.88 Å². The molecule has 0 saturated carbocycles. The Balaban J connectivity index is 2.57. The number of hydrogen-bond acceptors (Lipinski definition) is 5. The number of aliphatic hydroxyl groups excluding tert-OH is 1. The highest BCUT2D eigenvalue weighted by Crippen LogP contribution is 2.28. The van der Waals surface area contributed by atoms with Crippen molar-refractivity contribution >= 4 is 0 Å². The average Bonchev–Trinajstić information content (AvgIpc) is 2.46. The molecule has 0 aliphatic heterocycles. The third-order valence-corrected chi connectivity index (χ3v) is 2.47. The lowest BCUT2D eigenvalue weighted by Crippen LogP contribution is -1.95. The van der Waals surface area contributed by atoms with Gasteiger partial charge in [0, 0.05) is 18.0 Å². The Kier molecular flexibility index (Phi) is 3.51. The van der Waals surface area contributed by atoms with Crippen molar-refractivity contribution in [3.63, 3.8) is 0 Å². The molecule has 0 spiro atoms. The predicted octanol–water partition coefficient (Wildman–Crippen LogP) is 1.52. The van der Waals surface area contributed by atoms with E-state index >= 15 is 0 Å². The lowest BCUT2D eigenvalue weighted by Gasteiger charge is -2.09. The quantitative estimate of drug-likeness (QED) is 0.881. The van der Waals surface area contributed by atoms with Crippen molar-refractivity contribution in [2.75, 3.05) is 7.11 Å². The average molecular weight is 241 g/mol. The van der Waals surface area contributed by atoms with Crippen molar-refractivity contribution in [2.45, 2.75) is 6.61 Å². The molecular weight excluding hydrogens is 230 g/mol. The number of aromatic nitrogens is 2. The minimum absolute atomic E-state index is 0.0970. The molecule has 0 bridgehead atoms. The number of rotatable bonds is 3. The second-order valence-corrected chi connectivity index (χ2v) is 3.60. The number of ether oxygens (including phenoxy) is 1. The molecule has 0 saturated heterocycles. The molecule has 2 heterocycles. The molecule has 2 rings (SSSR count). The van der Waals surface area contributed by atoms with E-state index < -0.39 is 0 Å². The Bertz CT molecular complexity index is 605. The third-order valence-electron chi connectivity index (χ3n) is 2.47. The second-order valence-electron chi connectivity index (χ2n) is 3.60. The van der Waals surface area contributed by atoms with Crippen LogP contribution in [0.4, 0.5) is 0 Å². The van der Waals surface area contributed by atoms with Crippen LogP contribution in [0.25, 0.3) is 11.1 Å². The zero-order valence-electron chi connectivity index (χ0n) is 9.79. The Hall–Kier alpha value is -2.45. The van der Waals surface area contributed by atoms with Gasteiger partial charge in [0.05, 0.1) is 13.7 Å². The topological polar surface area (TPSA) is 79.0 Å². The van der Waals surface area contributed by atoms with Crippen LogP contribution in [0.2, 0.25) is 0 Å². The van der Waals surface area contributed by atoms with Crippen LogP contribution in [0.15, 0.2) is 30.6 Å². The lowest BCUT2D eigenvalue weighted by molar-refractivity contribution is 0.281. The summed E-state index contributed by atoms with van der Waals surface area (Å²) in [5.74, 6) is 0.447. The summed E-state index contributed by atoms with van der Waals surface area (Å²) >= 11 is 0. The fraction of sp³-hybridized carbons (Fsp3) is 0.154. The molecule has 1 N–H and O–H groups in total. The van der Waals surface area contributed by atoms with Gasteiger partial charge in [0.15, 0.2) is 0 Å². The van der Waals surface area contributed by atoms with Gasteiger partial charge in [0.2, 0.25) is 5.88 Å². The SMILES string of the molecule is COc1ncc(CO)cc1-c1ccnc(C#N)c1. The van der Waals surface area contributed by atoms with Crippen molar-refractivity contribution in [1.29, 1.82) is 5.26 Å². The van der Waals surface area contributed by atoms with Gasteiger partial charge >= 0.3 is 0 Å². The van der Waals surface area contributed by atoms with Crippen molar-refractivity contribution in [1.82, 2.24) is 9.97 Å². The predicted molar refractivity (Wildman–Crippen MR) is 64.7 cm³/mol. The molecule has 0 aromatic carbocycles. The maximum Gasteiger partial charge on any atom is 0.221 e. The van der Waals surface area contributed by atoms with E-state index in [1.807, 2.05) is 6.07 Å². The molecule has 5 heteroatoms. The van der Waals surface area contributed by atoms with Gasteiger partial charge in [-0.15, -0.1) is 0 Å². The number of aliphatic hydroxyl groups is 1. The Morgan fingerprint density at radius 2 is 2.22 bits per heavy atom. The first-order valence-electron chi connectivity index (χ1n) is 5.28. The third kappa shape index (κ3) is 2.29. The minimum atomic E-state index is -0.0970. The summed E-state index contributed by atoms with van der Waals surface area (Å²) in [6, 6.07) is 7.18. The standard InChI is InChI=1S/C13H11N3O2/c1-18-13-12(4-9(8-17)7-16-13)10-2-3-15-11(5-10)6-14/h2-5,7,17H,8H2,1H3. The van der Waals surface area contributed by atoms with Crippen LogP contribution in [-0.2, 0) is 6.61 Å². The number of nitriles is 1. The van der Waals surface area contributed by atoms with Gasteiger partial charge in [-0.05, 0) is 29.3 Å². The first-order valence-corrected chi connectivity index (χ1v) is 5.28. The molecule has 0 atom stereocenters. The van der Waals surface area contributed by atoms with Crippen LogP contribution in [0.3, 0.4) is 0 Å². The summed E-state index contributed by atoms with van der Waals surface area (Å²) in [6.45, 7) is -0.0970. The van der Waals surface area contributed by atoms with E-state index in [1.54, 1.807) is 30.6 Å². The molecule has 0 aliphatic rings. The van der Waals surface area contributed by atoms with Crippen LogP contribution in [-0.4, -0.2) is 22.2 Å². The number of methoxy groups -OCH3 is 1. The molecule has 18 heavy (non-hydrogen) atoms. The number of hydrogen-bond donors (Lipinski definition) is 1. The highest BCUT2D eigenvalue weighted by atomic mass is 16.5. The van der Waals surface area contributed by atoms with Crippen molar-refractivity contribution in [3.05, 3.63) is 41.9 Å². The largest absolute Gasteiger partial charge is 0.481 e. The number of pyridine rings is 2. The van der Waals surface area contributed by atoms with E-state index in [2.05, 4.69) is 9.97 Å². The molecule has 2 aromatic heterocycles. The fourth-order valence-electron chi connectivity index (χ4n) is 1.61. The molecule has 0 fully saturated rings. The van der Waals surface area contributed by atoms with E-state index in [-0.39, 0.29) is 6.61 Å². The molecule has 2 aromatic rings. The van der Waals surface area contributed by atoms with Crippen molar-refractivity contribution < 1.29 is 9.84 Å². The Morgan fingerprint density at radius 1 is 1.39 bits per heavy atom. The van der Waals surface area contributed by atoms with Gasteiger partial charge in [-0.2, -0.15) is 5.26 Å². The highest BCUT2D eigenvalue weighted by molar-refractivity contribution is 5.69. The van der Waals surface area contributed by atoms with E-state index in [9.17, 15) is 0 Å².